The maximum Gasteiger partial charge on any atom is 0.206 e. The zero-order valence-electron chi connectivity index (χ0n) is 11.5. The Balaban J connectivity index is 2.10. The number of ketones is 1. The van der Waals surface area contributed by atoms with E-state index in [0.29, 0.717) is 17.0 Å². The van der Waals surface area contributed by atoms with Gasteiger partial charge in [0.15, 0.2) is 0 Å². The van der Waals surface area contributed by atoms with Gasteiger partial charge in [0, 0.05) is 16.2 Å². The highest BCUT2D eigenvalue weighted by atomic mass is 79.9. The quantitative estimate of drug-likeness (QED) is 0.647. The standard InChI is InChI=1S/C16H14BrNO2S/c1-2-7-20-13-5-3-4-12-14(13)10(9-18-12)15(19)16-11(17)6-8-21-16/h3-6,8-9,18H,2,7H2,1H3. The van der Waals surface area contributed by atoms with Crippen LogP contribution in [0.5, 0.6) is 5.75 Å². The van der Waals surface area contributed by atoms with E-state index in [-0.39, 0.29) is 5.78 Å². The Bertz CT molecular complexity index is 791. The van der Waals surface area contributed by atoms with Crippen molar-refractivity contribution in [1.29, 1.82) is 0 Å². The van der Waals surface area contributed by atoms with Crippen LogP contribution in [0.1, 0.15) is 28.6 Å². The van der Waals surface area contributed by atoms with Crippen LogP contribution in [0.15, 0.2) is 40.3 Å². The van der Waals surface area contributed by atoms with Crippen LogP contribution in [0, 0.1) is 0 Å². The largest absolute Gasteiger partial charge is 0.493 e. The number of rotatable bonds is 5. The SMILES string of the molecule is CCCOc1cccc2[nH]cc(C(=O)c3sccc3Br)c12. The van der Waals surface area contributed by atoms with Crippen LogP contribution in [0.2, 0.25) is 0 Å². The van der Waals surface area contributed by atoms with E-state index in [2.05, 4.69) is 27.8 Å². The van der Waals surface area contributed by atoms with E-state index in [9.17, 15) is 4.79 Å². The van der Waals surface area contributed by atoms with E-state index in [4.69, 9.17) is 4.74 Å². The van der Waals surface area contributed by atoms with Gasteiger partial charge < -0.3 is 9.72 Å². The number of aromatic amines is 1. The van der Waals surface area contributed by atoms with Crippen molar-refractivity contribution in [2.24, 2.45) is 0 Å². The second kappa shape index (κ2) is 6.03. The predicted molar refractivity (Wildman–Crippen MR) is 89.5 cm³/mol. The van der Waals surface area contributed by atoms with Crippen molar-refractivity contribution in [3.63, 3.8) is 0 Å². The van der Waals surface area contributed by atoms with Gasteiger partial charge in [0.25, 0.3) is 0 Å². The zero-order valence-corrected chi connectivity index (χ0v) is 13.9. The highest BCUT2D eigenvalue weighted by Gasteiger charge is 2.20. The first-order valence-corrected chi connectivity index (χ1v) is 8.40. The highest BCUT2D eigenvalue weighted by Crippen LogP contribution is 2.33. The average molecular weight is 364 g/mol. The van der Waals surface area contributed by atoms with Gasteiger partial charge in [0.05, 0.1) is 22.4 Å². The van der Waals surface area contributed by atoms with Crippen molar-refractivity contribution in [2.45, 2.75) is 13.3 Å². The van der Waals surface area contributed by atoms with Gasteiger partial charge in [0.2, 0.25) is 5.78 Å². The van der Waals surface area contributed by atoms with Gasteiger partial charge in [-0.15, -0.1) is 11.3 Å². The van der Waals surface area contributed by atoms with E-state index in [0.717, 1.165) is 27.5 Å². The molecule has 0 fully saturated rings. The van der Waals surface area contributed by atoms with Gasteiger partial charge in [-0.1, -0.05) is 13.0 Å². The molecular weight excluding hydrogens is 350 g/mol. The van der Waals surface area contributed by atoms with Gasteiger partial charge in [-0.2, -0.15) is 0 Å². The van der Waals surface area contributed by atoms with Crippen molar-refractivity contribution >= 4 is 44.0 Å². The van der Waals surface area contributed by atoms with E-state index in [1.807, 2.05) is 29.6 Å². The van der Waals surface area contributed by atoms with Crippen molar-refractivity contribution in [3.8, 4) is 5.75 Å². The van der Waals surface area contributed by atoms with E-state index >= 15 is 0 Å². The molecule has 3 aromatic rings. The molecule has 2 aromatic heterocycles. The Kier molecular flexibility index (Phi) is 4.12. The number of nitrogens with one attached hydrogen (secondary N) is 1. The third-order valence-corrected chi connectivity index (χ3v) is 5.03. The first kappa shape index (κ1) is 14.4. The molecule has 0 spiro atoms. The van der Waals surface area contributed by atoms with Crippen molar-refractivity contribution in [3.05, 3.63) is 50.8 Å². The molecule has 0 aliphatic carbocycles. The fraction of sp³-hybridized carbons (Fsp3) is 0.188. The number of halogens is 1. The molecule has 0 aliphatic rings. The highest BCUT2D eigenvalue weighted by molar-refractivity contribution is 9.10. The predicted octanol–water partition coefficient (Wildman–Crippen LogP) is 5.01. The number of carbonyl (C=O) groups excluding carboxylic acids is 1. The lowest BCUT2D eigenvalue weighted by atomic mass is 10.1. The summed E-state index contributed by atoms with van der Waals surface area (Å²) in [6.07, 6.45) is 2.69. The summed E-state index contributed by atoms with van der Waals surface area (Å²) in [5.41, 5.74) is 1.57. The van der Waals surface area contributed by atoms with Crippen molar-refractivity contribution in [2.75, 3.05) is 6.61 Å². The van der Waals surface area contributed by atoms with Gasteiger partial charge in [-0.3, -0.25) is 4.79 Å². The molecule has 21 heavy (non-hydrogen) atoms. The summed E-state index contributed by atoms with van der Waals surface area (Å²) in [5, 5.41) is 2.76. The Hall–Kier alpha value is -1.59. The summed E-state index contributed by atoms with van der Waals surface area (Å²) < 4.78 is 6.62. The van der Waals surface area contributed by atoms with Gasteiger partial charge >= 0.3 is 0 Å². The monoisotopic (exact) mass is 363 g/mol. The molecule has 0 aliphatic heterocycles. The molecule has 0 amide bonds. The first-order chi connectivity index (χ1) is 10.2. The van der Waals surface area contributed by atoms with Crippen LogP contribution in [0.3, 0.4) is 0 Å². The number of H-pyrrole nitrogens is 1. The fourth-order valence-corrected chi connectivity index (χ4v) is 3.75. The van der Waals surface area contributed by atoms with E-state index < -0.39 is 0 Å². The molecule has 0 bridgehead atoms. The van der Waals surface area contributed by atoms with Crippen LogP contribution < -0.4 is 4.74 Å². The second-order valence-corrected chi connectivity index (χ2v) is 6.43. The molecule has 0 atom stereocenters. The molecule has 2 heterocycles. The minimum atomic E-state index is 0.00988. The lowest BCUT2D eigenvalue weighted by Gasteiger charge is -2.07. The van der Waals surface area contributed by atoms with Crippen molar-refractivity contribution in [1.82, 2.24) is 4.98 Å². The molecular formula is C16H14BrNO2S. The van der Waals surface area contributed by atoms with Crippen LogP contribution in [0.4, 0.5) is 0 Å². The Morgan fingerprint density at radius 2 is 2.24 bits per heavy atom. The fourth-order valence-electron chi connectivity index (χ4n) is 2.24. The third kappa shape index (κ3) is 2.63. The van der Waals surface area contributed by atoms with Crippen LogP contribution >= 0.6 is 27.3 Å². The summed E-state index contributed by atoms with van der Waals surface area (Å²) >= 11 is 4.86. The van der Waals surface area contributed by atoms with Crippen molar-refractivity contribution < 1.29 is 9.53 Å². The molecule has 5 heteroatoms. The maximum atomic E-state index is 12.7. The van der Waals surface area contributed by atoms with Crippen LogP contribution in [-0.4, -0.2) is 17.4 Å². The topological polar surface area (TPSA) is 42.1 Å². The molecule has 108 valence electrons. The van der Waals surface area contributed by atoms with Gasteiger partial charge in [-0.25, -0.2) is 0 Å². The van der Waals surface area contributed by atoms with Gasteiger partial charge in [-0.05, 0) is 45.9 Å². The lowest BCUT2D eigenvalue weighted by Crippen LogP contribution is -2.01. The number of hydrogen-bond donors (Lipinski definition) is 1. The average Bonchev–Trinajstić information content (AvgIpc) is 3.10. The summed E-state index contributed by atoms with van der Waals surface area (Å²) in [4.78, 5) is 16.6. The number of aromatic nitrogens is 1. The van der Waals surface area contributed by atoms with E-state index in [1.165, 1.54) is 11.3 Å². The Morgan fingerprint density at radius 3 is 2.95 bits per heavy atom. The number of fused-ring (bicyclic) bond motifs is 1. The number of ether oxygens (including phenoxy) is 1. The minimum absolute atomic E-state index is 0.00988. The summed E-state index contributed by atoms with van der Waals surface area (Å²) in [6.45, 7) is 2.70. The number of hydrogen-bond acceptors (Lipinski definition) is 3. The van der Waals surface area contributed by atoms with Crippen LogP contribution in [0.25, 0.3) is 10.9 Å². The molecule has 0 saturated carbocycles. The molecule has 0 unspecified atom stereocenters. The molecule has 0 saturated heterocycles. The maximum absolute atomic E-state index is 12.7. The second-order valence-electron chi connectivity index (χ2n) is 4.66. The Labute approximate surface area is 135 Å². The summed E-state index contributed by atoms with van der Waals surface area (Å²) in [6, 6.07) is 7.68. The lowest BCUT2D eigenvalue weighted by molar-refractivity contribution is 0.104. The van der Waals surface area contributed by atoms with Gasteiger partial charge in [0.1, 0.15) is 5.75 Å². The summed E-state index contributed by atoms with van der Waals surface area (Å²) in [5.74, 6) is 0.766. The molecule has 3 rings (SSSR count). The third-order valence-electron chi connectivity index (χ3n) is 3.20. The normalized spacial score (nSPS) is 11.0. The molecule has 3 nitrogen and oxygen atoms in total. The number of carbonyl (C=O) groups is 1. The summed E-state index contributed by atoms with van der Waals surface area (Å²) in [7, 11) is 0. The number of thiophene rings is 1. The molecule has 1 aromatic carbocycles. The molecule has 1 N–H and O–H groups in total. The number of benzene rings is 1. The van der Waals surface area contributed by atoms with Crippen LogP contribution in [-0.2, 0) is 0 Å². The minimum Gasteiger partial charge on any atom is -0.493 e. The Morgan fingerprint density at radius 1 is 1.38 bits per heavy atom. The zero-order chi connectivity index (χ0) is 14.8. The smallest absolute Gasteiger partial charge is 0.206 e. The molecule has 0 radical (unpaired) electrons. The first-order valence-electron chi connectivity index (χ1n) is 6.73. The van der Waals surface area contributed by atoms with E-state index in [1.54, 1.807) is 6.20 Å².